The quantitative estimate of drug-likeness (QED) is 0.313. The number of carbonyl (C=O) groups excluding carboxylic acids is 4. The minimum atomic E-state index is -1.11. The fraction of sp³-hybridized carbons (Fsp3) is 0.773. The van der Waals surface area contributed by atoms with E-state index in [1.54, 1.807) is 0 Å². The van der Waals surface area contributed by atoms with E-state index in [0.29, 0.717) is 25.7 Å². The Morgan fingerprint density at radius 2 is 1.13 bits per heavy atom. The monoisotopic (exact) mass is 443 g/mol. The average molecular weight is 444 g/mol. The van der Waals surface area contributed by atoms with Gasteiger partial charge in [-0.15, -0.1) is 0 Å². The lowest BCUT2D eigenvalue weighted by atomic mass is 9.99. The molecule has 0 aromatic heterocycles. The number of esters is 4. The van der Waals surface area contributed by atoms with Gasteiger partial charge in [0.1, 0.15) is 19.3 Å². The zero-order valence-corrected chi connectivity index (χ0v) is 18.9. The molecule has 0 N–H and O–H groups in total. The van der Waals surface area contributed by atoms with Crippen molar-refractivity contribution in [3.63, 3.8) is 0 Å². The zero-order chi connectivity index (χ0) is 23.2. The summed E-state index contributed by atoms with van der Waals surface area (Å²) in [5.74, 6) is -1.94. The van der Waals surface area contributed by atoms with Gasteiger partial charge in [0.25, 0.3) is 0 Å². The van der Waals surface area contributed by atoms with E-state index in [1.807, 2.05) is 27.7 Å². The van der Waals surface area contributed by atoms with Gasteiger partial charge in [0.15, 0.2) is 18.3 Å². The molecule has 0 saturated carbocycles. The van der Waals surface area contributed by atoms with Crippen LogP contribution in [0.15, 0.2) is 0 Å². The lowest BCUT2D eigenvalue weighted by molar-refractivity contribution is -0.220. The lowest BCUT2D eigenvalue weighted by Gasteiger charge is -2.40. The molecule has 0 aliphatic carbocycles. The molecule has 1 fully saturated rings. The first-order valence-corrected chi connectivity index (χ1v) is 11.1. The van der Waals surface area contributed by atoms with Crippen LogP contribution in [0.5, 0.6) is 0 Å². The standard InChI is InChI=1S/C22H35O9/c1-5-9-17(23)28-13-15-21(30-19(25)11-7-3)22(31-20(26)12-8-4)16(14-27-15)29-18(24)10-6-2/h14-16,21-22H,5-13H2,1-4H3/t15-,16+,21-,22-/m1/s1. The smallest absolute Gasteiger partial charge is 0.306 e. The van der Waals surface area contributed by atoms with Crippen molar-refractivity contribution in [2.45, 2.75) is 103 Å². The van der Waals surface area contributed by atoms with Crippen LogP contribution in [0.4, 0.5) is 0 Å². The van der Waals surface area contributed by atoms with Crippen molar-refractivity contribution >= 4 is 23.9 Å². The molecule has 0 unspecified atom stereocenters. The maximum Gasteiger partial charge on any atom is 0.306 e. The summed E-state index contributed by atoms with van der Waals surface area (Å²) in [6, 6.07) is 0. The molecule has 0 spiro atoms. The SMILES string of the molecule is CCCC(=O)OC[C@H]1O[CH][C@H](OC(=O)CCC)[C@@H](OC(=O)CCC)[C@@H]1OC(=O)CCC. The highest BCUT2D eigenvalue weighted by Gasteiger charge is 2.48. The van der Waals surface area contributed by atoms with Crippen molar-refractivity contribution in [1.82, 2.24) is 0 Å². The van der Waals surface area contributed by atoms with Crippen LogP contribution in [0.25, 0.3) is 0 Å². The third-order valence-corrected chi connectivity index (χ3v) is 4.43. The van der Waals surface area contributed by atoms with Crippen molar-refractivity contribution in [2.24, 2.45) is 0 Å². The molecule has 1 aliphatic rings. The van der Waals surface area contributed by atoms with Crippen LogP contribution in [-0.4, -0.2) is 54.9 Å². The summed E-state index contributed by atoms with van der Waals surface area (Å²) in [6.45, 7) is 8.36. The number of rotatable bonds is 13. The topological polar surface area (TPSA) is 114 Å². The highest BCUT2D eigenvalue weighted by Crippen LogP contribution is 2.28. The average Bonchev–Trinajstić information content (AvgIpc) is 2.70. The Kier molecular flexibility index (Phi) is 12.8. The van der Waals surface area contributed by atoms with E-state index in [1.165, 1.54) is 6.61 Å². The van der Waals surface area contributed by atoms with Gasteiger partial charge in [-0.3, -0.25) is 19.2 Å². The number of hydrogen-bond donors (Lipinski definition) is 0. The molecule has 0 amide bonds. The van der Waals surface area contributed by atoms with E-state index in [4.69, 9.17) is 23.7 Å². The molecule has 0 bridgehead atoms. The van der Waals surface area contributed by atoms with Gasteiger partial charge in [0.2, 0.25) is 0 Å². The van der Waals surface area contributed by atoms with Crippen LogP contribution in [-0.2, 0) is 42.9 Å². The summed E-state index contributed by atoms with van der Waals surface area (Å²) < 4.78 is 27.4. The van der Waals surface area contributed by atoms with Gasteiger partial charge < -0.3 is 23.7 Å². The van der Waals surface area contributed by atoms with Crippen molar-refractivity contribution in [3.05, 3.63) is 6.61 Å². The molecule has 4 atom stereocenters. The fourth-order valence-electron chi connectivity index (χ4n) is 2.93. The predicted octanol–water partition coefficient (Wildman–Crippen LogP) is 3.03. The molecule has 1 heterocycles. The minimum Gasteiger partial charge on any atom is -0.463 e. The lowest BCUT2D eigenvalue weighted by Crippen LogP contribution is -2.57. The Morgan fingerprint density at radius 3 is 1.65 bits per heavy atom. The highest BCUT2D eigenvalue weighted by atomic mass is 16.7. The first kappa shape index (κ1) is 26.9. The second-order valence-corrected chi connectivity index (χ2v) is 7.36. The Balaban J connectivity index is 3.08. The molecule has 9 heteroatoms. The summed E-state index contributed by atoms with van der Waals surface area (Å²) in [5, 5.41) is 0. The van der Waals surface area contributed by atoms with Crippen molar-refractivity contribution < 1.29 is 42.9 Å². The summed E-state index contributed by atoms with van der Waals surface area (Å²) in [6.07, 6.45) is -1.12. The van der Waals surface area contributed by atoms with E-state index < -0.39 is 48.3 Å². The third-order valence-electron chi connectivity index (χ3n) is 4.43. The Morgan fingerprint density at radius 1 is 0.677 bits per heavy atom. The first-order chi connectivity index (χ1) is 14.9. The molecule has 1 radical (unpaired) electrons. The molecule has 1 rings (SSSR count). The largest absolute Gasteiger partial charge is 0.463 e. The van der Waals surface area contributed by atoms with Crippen LogP contribution in [0.3, 0.4) is 0 Å². The second kappa shape index (κ2) is 14.8. The molecule has 0 aromatic rings. The maximum absolute atomic E-state index is 12.2. The van der Waals surface area contributed by atoms with E-state index in [2.05, 4.69) is 0 Å². The zero-order valence-electron chi connectivity index (χ0n) is 18.9. The molecular weight excluding hydrogens is 408 g/mol. The van der Waals surface area contributed by atoms with Crippen LogP contribution in [0.1, 0.15) is 79.1 Å². The fourth-order valence-corrected chi connectivity index (χ4v) is 2.93. The van der Waals surface area contributed by atoms with Crippen LogP contribution in [0.2, 0.25) is 0 Å². The molecule has 1 saturated heterocycles. The first-order valence-electron chi connectivity index (χ1n) is 11.1. The van der Waals surface area contributed by atoms with Gasteiger partial charge in [-0.1, -0.05) is 27.7 Å². The summed E-state index contributed by atoms with van der Waals surface area (Å²) in [7, 11) is 0. The third kappa shape index (κ3) is 9.67. The summed E-state index contributed by atoms with van der Waals surface area (Å²) in [4.78, 5) is 48.3. The normalized spacial score (nSPS) is 23.0. The minimum absolute atomic E-state index is 0.151. The van der Waals surface area contributed by atoms with E-state index >= 15 is 0 Å². The van der Waals surface area contributed by atoms with Crippen LogP contribution >= 0.6 is 0 Å². The Hall–Kier alpha value is -2.16. The molecule has 177 valence electrons. The molecule has 31 heavy (non-hydrogen) atoms. The van der Waals surface area contributed by atoms with Gasteiger partial charge in [-0.05, 0) is 25.7 Å². The molecule has 0 aromatic carbocycles. The van der Waals surface area contributed by atoms with Crippen LogP contribution in [0, 0.1) is 6.61 Å². The van der Waals surface area contributed by atoms with E-state index in [9.17, 15) is 19.2 Å². The van der Waals surface area contributed by atoms with Gasteiger partial charge in [0, 0.05) is 25.7 Å². The number of hydrogen-bond acceptors (Lipinski definition) is 9. The predicted molar refractivity (Wildman–Crippen MR) is 109 cm³/mol. The molecule has 1 aliphatic heterocycles. The molecule has 9 nitrogen and oxygen atoms in total. The van der Waals surface area contributed by atoms with Crippen molar-refractivity contribution in [3.8, 4) is 0 Å². The Bertz CT molecular complexity index is 590. The summed E-state index contributed by atoms with van der Waals surface area (Å²) in [5.41, 5.74) is 0. The van der Waals surface area contributed by atoms with Crippen molar-refractivity contribution in [1.29, 1.82) is 0 Å². The molecular formula is C22H35O9. The van der Waals surface area contributed by atoms with E-state index in [0.717, 1.165) is 0 Å². The van der Waals surface area contributed by atoms with Gasteiger partial charge in [-0.2, -0.15) is 0 Å². The maximum atomic E-state index is 12.2. The highest BCUT2D eigenvalue weighted by molar-refractivity contribution is 5.72. The van der Waals surface area contributed by atoms with Gasteiger partial charge in [0.05, 0.1) is 0 Å². The van der Waals surface area contributed by atoms with Crippen LogP contribution < -0.4 is 0 Å². The van der Waals surface area contributed by atoms with Crippen molar-refractivity contribution in [2.75, 3.05) is 6.61 Å². The number of carbonyl (C=O) groups is 4. The second-order valence-electron chi connectivity index (χ2n) is 7.36. The van der Waals surface area contributed by atoms with E-state index in [-0.39, 0.29) is 32.3 Å². The Labute approximate surface area is 184 Å². The number of ether oxygens (including phenoxy) is 5. The summed E-state index contributed by atoms with van der Waals surface area (Å²) >= 11 is 0. The van der Waals surface area contributed by atoms with Gasteiger partial charge >= 0.3 is 23.9 Å². The van der Waals surface area contributed by atoms with Gasteiger partial charge in [-0.25, -0.2) is 0 Å².